The lowest BCUT2D eigenvalue weighted by Crippen LogP contribution is -2.36. The van der Waals surface area contributed by atoms with E-state index in [2.05, 4.69) is 15.7 Å². The molecule has 0 radical (unpaired) electrons. The van der Waals surface area contributed by atoms with E-state index in [-0.39, 0.29) is 30.1 Å². The van der Waals surface area contributed by atoms with E-state index in [4.69, 9.17) is 0 Å². The Hall–Kier alpha value is -3.48. The summed E-state index contributed by atoms with van der Waals surface area (Å²) in [5, 5.41) is 10.7. The molecule has 0 bridgehead atoms. The third-order valence-electron chi connectivity index (χ3n) is 6.23. The summed E-state index contributed by atoms with van der Waals surface area (Å²) >= 11 is 0. The van der Waals surface area contributed by atoms with E-state index < -0.39 is 0 Å². The molecule has 2 N–H and O–H groups in total. The number of benzene rings is 2. The summed E-state index contributed by atoms with van der Waals surface area (Å²) in [7, 11) is 0. The zero-order valence-electron chi connectivity index (χ0n) is 19.5. The highest BCUT2D eigenvalue weighted by atomic mass is 19.1. The molecule has 1 fully saturated rings. The van der Waals surface area contributed by atoms with Crippen LogP contribution in [-0.2, 0) is 9.59 Å². The Labute approximate surface area is 199 Å². The summed E-state index contributed by atoms with van der Waals surface area (Å²) in [6.07, 6.45) is 6.67. The topological polar surface area (TPSA) is 76.0 Å². The fourth-order valence-corrected chi connectivity index (χ4v) is 4.51. The molecular weight excluding hydrogens is 431 g/mol. The minimum atomic E-state index is -0.340. The molecule has 2 aromatic carbocycles. The Balaban J connectivity index is 1.46. The fourth-order valence-electron chi connectivity index (χ4n) is 4.51. The van der Waals surface area contributed by atoms with E-state index >= 15 is 0 Å². The van der Waals surface area contributed by atoms with Crippen molar-refractivity contribution in [1.82, 2.24) is 15.1 Å². The second-order valence-electron chi connectivity index (χ2n) is 8.87. The maximum Gasteiger partial charge on any atom is 0.225 e. The number of hydrogen-bond acceptors (Lipinski definition) is 3. The van der Waals surface area contributed by atoms with Crippen LogP contribution >= 0.6 is 0 Å². The average Bonchev–Trinajstić information content (AvgIpc) is 3.16. The van der Waals surface area contributed by atoms with Crippen LogP contribution in [0, 0.1) is 12.7 Å². The van der Waals surface area contributed by atoms with Gasteiger partial charge in [-0.2, -0.15) is 5.10 Å². The quantitative estimate of drug-likeness (QED) is 0.461. The first-order valence-electron chi connectivity index (χ1n) is 12.0. The highest BCUT2D eigenvalue weighted by molar-refractivity contribution is 5.95. The number of rotatable bonds is 8. The van der Waals surface area contributed by atoms with E-state index in [9.17, 15) is 14.0 Å². The molecule has 7 heteroatoms. The second-order valence-corrected chi connectivity index (χ2v) is 8.87. The molecule has 1 saturated carbocycles. The minimum Gasteiger partial charge on any atom is -0.353 e. The van der Waals surface area contributed by atoms with Gasteiger partial charge in [-0.3, -0.25) is 9.59 Å². The molecule has 3 aromatic rings. The molecule has 1 heterocycles. The SMILES string of the molecule is Cc1nn(-c2ccc(F)cc2)c(NC(=O)CCCC(=O)NC2CCCCC2)c1-c1ccccc1. The molecule has 178 valence electrons. The van der Waals surface area contributed by atoms with E-state index in [0.29, 0.717) is 24.3 Å². The maximum atomic E-state index is 13.5. The molecule has 0 unspecified atom stereocenters. The van der Waals surface area contributed by atoms with Crippen LogP contribution in [-0.4, -0.2) is 27.6 Å². The number of amides is 2. The lowest BCUT2D eigenvalue weighted by atomic mass is 9.95. The van der Waals surface area contributed by atoms with Crippen molar-refractivity contribution < 1.29 is 14.0 Å². The molecule has 2 amide bonds. The fraction of sp³-hybridized carbons (Fsp3) is 0.370. The lowest BCUT2D eigenvalue weighted by Gasteiger charge is -2.22. The Kier molecular flexibility index (Phi) is 7.72. The Morgan fingerprint density at radius 2 is 1.65 bits per heavy atom. The normalized spacial score (nSPS) is 14.1. The summed E-state index contributed by atoms with van der Waals surface area (Å²) in [4.78, 5) is 25.1. The van der Waals surface area contributed by atoms with Crippen molar-refractivity contribution in [1.29, 1.82) is 0 Å². The van der Waals surface area contributed by atoms with Crippen LogP contribution in [0.3, 0.4) is 0 Å². The predicted molar refractivity (Wildman–Crippen MR) is 131 cm³/mol. The standard InChI is InChI=1S/C27H31FN4O2/c1-19-26(20-9-4-2-5-10-20)27(32(31-19)23-17-15-21(28)16-18-23)30-25(34)14-8-13-24(33)29-22-11-6-3-7-12-22/h2,4-5,9-10,15-18,22H,3,6-8,11-14H2,1H3,(H,29,33)(H,30,34). The Bertz CT molecular complexity index is 1120. The monoisotopic (exact) mass is 462 g/mol. The number of aryl methyl sites for hydroxylation is 1. The van der Waals surface area contributed by atoms with Gasteiger partial charge in [0.05, 0.1) is 11.4 Å². The molecule has 0 aliphatic heterocycles. The molecule has 1 aliphatic rings. The smallest absolute Gasteiger partial charge is 0.225 e. The molecule has 0 saturated heterocycles. The molecule has 1 aliphatic carbocycles. The number of carbonyl (C=O) groups excluding carboxylic acids is 2. The van der Waals surface area contributed by atoms with E-state index in [1.807, 2.05) is 37.3 Å². The number of nitrogens with one attached hydrogen (secondary N) is 2. The van der Waals surface area contributed by atoms with Crippen molar-refractivity contribution in [2.24, 2.45) is 0 Å². The van der Waals surface area contributed by atoms with Crippen molar-refractivity contribution in [2.45, 2.75) is 64.3 Å². The number of hydrogen-bond donors (Lipinski definition) is 2. The van der Waals surface area contributed by atoms with Crippen molar-refractivity contribution in [3.63, 3.8) is 0 Å². The lowest BCUT2D eigenvalue weighted by molar-refractivity contribution is -0.122. The number of anilines is 1. The zero-order chi connectivity index (χ0) is 23.9. The molecule has 34 heavy (non-hydrogen) atoms. The van der Waals surface area contributed by atoms with Crippen LogP contribution in [0.5, 0.6) is 0 Å². The van der Waals surface area contributed by atoms with Gasteiger partial charge in [-0.1, -0.05) is 49.6 Å². The van der Waals surface area contributed by atoms with Crippen LogP contribution in [0.1, 0.15) is 57.1 Å². The summed E-state index contributed by atoms with van der Waals surface area (Å²) < 4.78 is 15.1. The zero-order valence-corrected chi connectivity index (χ0v) is 19.5. The van der Waals surface area contributed by atoms with Crippen LogP contribution in [0.4, 0.5) is 10.2 Å². The summed E-state index contributed by atoms with van der Waals surface area (Å²) in [5.74, 6) is 0.0164. The van der Waals surface area contributed by atoms with Crippen LogP contribution in [0.15, 0.2) is 54.6 Å². The highest BCUT2D eigenvalue weighted by Crippen LogP contribution is 2.33. The minimum absolute atomic E-state index is 0.0110. The van der Waals surface area contributed by atoms with Gasteiger partial charge >= 0.3 is 0 Å². The second kappa shape index (κ2) is 11.1. The van der Waals surface area contributed by atoms with Crippen LogP contribution < -0.4 is 10.6 Å². The number of carbonyl (C=O) groups is 2. The van der Waals surface area contributed by atoms with Gasteiger partial charge in [0.1, 0.15) is 11.6 Å². The van der Waals surface area contributed by atoms with Crippen molar-refractivity contribution in [2.75, 3.05) is 5.32 Å². The largest absolute Gasteiger partial charge is 0.353 e. The van der Waals surface area contributed by atoms with Gasteiger partial charge in [0.25, 0.3) is 0 Å². The van der Waals surface area contributed by atoms with Gasteiger partial charge in [0.15, 0.2) is 0 Å². The van der Waals surface area contributed by atoms with Gasteiger partial charge < -0.3 is 10.6 Å². The number of halogens is 1. The summed E-state index contributed by atoms with van der Waals surface area (Å²) in [5.41, 5.74) is 3.13. The van der Waals surface area contributed by atoms with E-state index in [1.54, 1.807) is 16.8 Å². The van der Waals surface area contributed by atoms with E-state index in [0.717, 1.165) is 42.5 Å². The molecule has 6 nitrogen and oxygen atoms in total. The summed E-state index contributed by atoms with van der Waals surface area (Å²) in [6.45, 7) is 1.88. The third-order valence-corrected chi connectivity index (χ3v) is 6.23. The predicted octanol–water partition coefficient (Wildman–Crippen LogP) is 5.54. The Morgan fingerprint density at radius 1 is 0.971 bits per heavy atom. The highest BCUT2D eigenvalue weighted by Gasteiger charge is 2.21. The number of nitrogens with zero attached hydrogens (tertiary/aromatic N) is 2. The maximum absolute atomic E-state index is 13.5. The summed E-state index contributed by atoms with van der Waals surface area (Å²) in [6, 6.07) is 16.0. The van der Waals surface area contributed by atoms with Gasteiger partial charge in [0.2, 0.25) is 11.8 Å². The third kappa shape index (κ3) is 5.90. The van der Waals surface area contributed by atoms with Crippen molar-refractivity contribution in [3.8, 4) is 16.8 Å². The van der Waals surface area contributed by atoms with E-state index in [1.165, 1.54) is 18.6 Å². The number of aromatic nitrogens is 2. The van der Waals surface area contributed by atoms with Crippen molar-refractivity contribution in [3.05, 3.63) is 66.1 Å². The van der Waals surface area contributed by atoms with Gasteiger partial charge in [-0.15, -0.1) is 0 Å². The first-order valence-corrected chi connectivity index (χ1v) is 12.0. The molecule has 0 spiro atoms. The first-order chi connectivity index (χ1) is 16.5. The van der Waals surface area contributed by atoms with Crippen molar-refractivity contribution >= 4 is 17.6 Å². The first kappa shape index (κ1) is 23.7. The van der Waals surface area contributed by atoms with Gasteiger partial charge in [-0.25, -0.2) is 9.07 Å². The molecule has 1 aromatic heterocycles. The Morgan fingerprint density at radius 3 is 2.35 bits per heavy atom. The van der Waals surface area contributed by atoms with Crippen LogP contribution in [0.25, 0.3) is 16.8 Å². The molecule has 0 atom stereocenters. The van der Waals surface area contributed by atoms with Gasteiger partial charge in [0, 0.05) is 24.4 Å². The average molecular weight is 463 g/mol. The van der Waals surface area contributed by atoms with Crippen LogP contribution in [0.2, 0.25) is 0 Å². The van der Waals surface area contributed by atoms with Gasteiger partial charge in [-0.05, 0) is 56.0 Å². The molecule has 4 rings (SSSR count). The molecular formula is C27H31FN4O2.